The first-order valence-electron chi connectivity index (χ1n) is 4.11. The van der Waals surface area contributed by atoms with Gasteiger partial charge in [0.1, 0.15) is 16.0 Å². The van der Waals surface area contributed by atoms with Gasteiger partial charge in [0.05, 0.1) is 0 Å². The first kappa shape index (κ1) is 12.9. The molecule has 0 saturated carbocycles. The molecular weight excluding hydrogens is 247 g/mol. The molecule has 1 aromatic rings. The molecule has 0 aliphatic rings. The van der Waals surface area contributed by atoms with E-state index in [-0.39, 0.29) is 5.01 Å². The zero-order valence-electron chi connectivity index (χ0n) is 8.33. The molecule has 0 amide bonds. The van der Waals surface area contributed by atoms with Gasteiger partial charge < -0.3 is 9.84 Å². The molecule has 1 heterocycles. The number of aromatic carboxylic acids is 1. The van der Waals surface area contributed by atoms with E-state index >= 15 is 0 Å². The van der Waals surface area contributed by atoms with E-state index in [2.05, 4.69) is 4.98 Å². The summed E-state index contributed by atoms with van der Waals surface area (Å²) in [5.74, 6) is -1.64. The van der Waals surface area contributed by atoms with E-state index in [4.69, 9.17) is 9.84 Å². The minimum Gasteiger partial charge on any atom is -0.477 e. The van der Waals surface area contributed by atoms with Gasteiger partial charge in [0, 0.05) is 7.11 Å². The van der Waals surface area contributed by atoms with Crippen LogP contribution in [0.25, 0.3) is 0 Å². The van der Waals surface area contributed by atoms with Crippen LogP contribution in [0.4, 0.5) is 13.2 Å². The number of alkyl halides is 3. The molecule has 0 bridgehead atoms. The number of aromatic nitrogens is 1. The van der Waals surface area contributed by atoms with Crippen LogP contribution in [0.3, 0.4) is 0 Å². The van der Waals surface area contributed by atoms with Crippen molar-refractivity contribution in [2.75, 3.05) is 7.11 Å². The molecule has 16 heavy (non-hydrogen) atoms. The van der Waals surface area contributed by atoms with Gasteiger partial charge >= 0.3 is 12.1 Å². The summed E-state index contributed by atoms with van der Waals surface area (Å²) in [5, 5.41) is 8.62. The van der Waals surface area contributed by atoms with E-state index in [1.54, 1.807) is 0 Å². The van der Waals surface area contributed by atoms with Gasteiger partial charge in [-0.25, -0.2) is 9.78 Å². The average Bonchev–Trinajstić information content (AvgIpc) is 2.60. The van der Waals surface area contributed by atoms with Crippen LogP contribution in [0.2, 0.25) is 0 Å². The highest BCUT2D eigenvalue weighted by Crippen LogP contribution is 2.36. The van der Waals surface area contributed by atoms with E-state index < -0.39 is 28.8 Å². The maximum absolute atomic E-state index is 12.4. The molecule has 1 rings (SSSR count). The summed E-state index contributed by atoms with van der Waals surface area (Å²) in [7, 11) is 1.31. The summed E-state index contributed by atoms with van der Waals surface area (Å²) in [6, 6.07) is 0. The lowest BCUT2D eigenvalue weighted by Gasteiger charge is -2.04. The fourth-order valence-corrected chi connectivity index (χ4v) is 1.90. The molecule has 8 heteroatoms. The predicted molar refractivity (Wildman–Crippen MR) is 49.5 cm³/mol. The third-order valence-corrected chi connectivity index (χ3v) is 3.01. The van der Waals surface area contributed by atoms with E-state index in [0.717, 1.165) is 0 Å². The standard InChI is InChI=1S/C8H8F3NO3S/c1-3(15-2)6-12-5(8(9,10)11)4(16-6)7(13)14/h3H,1-2H3,(H,13,14). The largest absolute Gasteiger partial charge is 0.477 e. The maximum Gasteiger partial charge on any atom is 0.435 e. The average molecular weight is 255 g/mol. The molecule has 0 spiro atoms. The fraction of sp³-hybridized carbons (Fsp3) is 0.500. The third-order valence-electron chi connectivity index (χ3n) is 1.81. The number of ether oxygens (including phenoxy) is 1. The number of halogens is 3. The number of rotatable bonds is 3. The summed E-state index contributed by atoms with van der Waals surface area (Å²) >= 11 is 0.472. The second-order valence-electron chi connectivity index (χ2n) is 2.91. The monoisotopic (exact) mass is 255 g/mol. The summed E-state index contributed by atoms with van der Waals surface area (Å²) < 4.78 is 42.1. The van der Waals surface area contributed by atoms with Gasteiger partial charge in [0.25, 0.3) is 0 Å². The van der Waals surface area contributed by atoms with Crippen molar-refractivity contribution >= 4 is 17.3 Å². The van der Waals surface area contributed by atoms with Gasteiger partial charge in [-0.2, -0.15) is 13.2 Å². The Labute approximate surface area is 92.7 Å². The Hall–Kier alpha value is -1.15. The van der Waals surface area contributed by atoms with Crippen LogP contribution in [0.5, 0.6) is 0 Å². The number of thiazole rings is 1. The topological polar surface area (TPSA) is 59.4 Å². The summed E-state index contributed by atoms with van der Waals surface area (Å²) in [6.45, 7) is 1.49. The number of hydrogen-bond donors (Lipinski definition) is 1. The number of hydrogen-bond acceptors (Lipinski definition) is 4. The Morgan fingerprint density at radius 2 is 2.12 bits per heavy atom. The normalized spacial score (nSPS) is 13.8. The molecule has 1 unspecified atom stereocenters. The van der Waals surface area contributed by atoms with Crippen LogP contribution >= 0.6 is 11.3 Å². The first-order chi connectivity index (χ1) is 7.27. The lowest BCUT2D eigenvalue weighted by atomic mass is 10.3. The van der Waals surface area contributed by atoms with E-state index in [1.165, 1.54) is 14.0 Å². The van der Waals surface area contributed by atoms with Gasteiger partial charge in [-0.1, -0.05) is 0 Å². The van der Waals surface area contributed by atoms with Crippen molar-refractivity contribution in [3.8, 4) is 0 Å². The molecule has 0 aliphatic carbocycles. The van der Waals surface area contributed by atoms with E-state index in [1.807, 2.05) is 0 Å². The molecule has 0 saturated heterocycles. The van der Waals surface area contributed by atoms with Crippen molar-refractivity contribution in [1.82, 2.24) is 4.98 Å². The quantitative estimate of drug-likeness (QED) is 0.901. The van der Waals surface area contributed by atoms with Gasteiger partial charge in [0.2, 0.25) is 0 Å². The van der Waals surface area contributed by atoms with Gasteiger partial charge in [-0.3, -0.25) is 0 Å². The minimum absolute atomic E-state index is 0.00720. The Bertz CT molecular complexity index is 402. The van der Waals surface area contributed by atoms with Crippen molar-refractivity contribution in [3.63, 3.8) is 0 Å². The molecule has 0 aliphatic heterocycles. The van der Waals surface area contributed by atoms with Crippen LogP contribution < -0.4 is 0 Å². The van der Waals surface area contributed by atoms with Crippen molar-refractivity contribution in [2.45, 2.75) is 19.2 Å². The SMILES string of the molecule is COC(C)c1nc(C(F)(F)F)c(C(=O)O)s1. The van der Waals surface area contributed by atoms with Crippen LogP contribution in [0.1, 0.15) is 33.4 Å². The third kappa shape index (κ3) is 2.50. The lowest BCUT2D eigenvalue weighted by molar-refractivity contribution is -0.141. The second kappa shape index (κ2) is 4.38. The van der Waals surface area contributed by atoms with Gasteiger partial charge in [-0.15, -0.1) is 11.3 Å². The van der Waals surface area contributed by atoms with E-state index in [0.29, 0.717) is 11.3 Å². The molecule has 0 radical (unpaired) electrons. The zero-order valence-corrected chi connectivity index (χ0v) is 9.15. The highest BCUT2D eigenvalue weighted by molar-refractivity contribution is 7.13. The molecule has 90 valence electrons. The number of carboxylic acids is 1. The Balaban J connectivity index is 3.26. The summed E-state index contributed by atoms with van der Waals surface area (Å²) in [5.41, 5.74) is -1.37. The predicted octanol–water partition coefficient (Wildman–Crippen LogP) is 2.57. The van der Waals surface area contributed by atoms with Gasteiger partial charge in [0.15, 0.2) is 5.69 Å². The van der Waals surface area contributed by atoms with Crippen LogP contribution in [0, 0.1) is 0 Å². The van der Waals surface area contributed by atoms with Crippen molar-refractivity contribution < 1.29 is 27.8 Å². The highest BCUT2D eigenvalue weighted by Gasteiger charge is 2.40. The molecule has 1 aromatic heterocycles. The molecule has 1 N–H and O–H groups in total. The number of carboxylic acid groups (broad SMARTS) is 1. The number of methoxy groups -OCH3 is 1. The Morgan fingerprint density at radius 1 is 1.56 bits per heavy atom. The number of carbonyl (C=O) groups is 1. The lowest BCUT2D eigenvalue weighted by Crippen LogP contribution is -2.11. The molecular formula is C8H8F3NO3S. The summed E-state index contributed by atoms with van der Waals surface area (Å²) in [4.78, 5) is 13.1. The van der Waals surface area contributed by atoms with Crippen molar-refractivity contribution in [2.24, 2.45) is 0 Å². The second-order valence-corrected chi connectivity index (χ2v) is 3.94. The number of nitrogens with zero attached hydrogens (tertiary/aromatic N) is 1. The van der Waals surface area contributed by atoms with Crippen LogP contribution in [0.15, 0.2) is 0 Å². The highest BCUT2D eigenvalue weighted by atomic mass is 32.1. The minimum atomic E-state index is -4.77. The van der Waals surface area contributed by atoms with Crippen LogP contribution in [-0.4, -0.2) is 23.2 Å². The fourth-order valence-electron chi connectivity index (χ4n) is 0.948. The van der Waals surface area contributed by atoms with Crippen molar-refractivity contribution in [1.29, 1.82) is 0 Å². The van der Waals surface area contributed by atoms with Gasteiger partial charge in [-0.05, 0) is 6.92 Å². The van der Waals surface area contributed by atoms with Crippen molar-refractivity contribution in [3.05, 3.63) is 15.6 Å². The Kier molecular flexibility index (Phi) is 3.54. The molecule has 1 atom stereocenters. The maximum atomic E-state index is 12.4. The molecule has 4 nitrogen and oxygen atoms in total. The first-order valence-corrected chi connectivity index (χ1v) is 4.93. The molecule has 0 aromatic carbocycles. The van der Waals surface area contributed by atoms with E-state index in [9.17, 15) is 18.0 Å². The molecule has 0 fully saturated rings. The summed E-state index contributed by atoms with van der Waals surface area (Å²) in [6.07, 6.45) is -5.44. The zero-order chi connectivity index (χ0) is 12.5. The van der Waals surface area contributed by atoms with Crippen LogP contribution in [-0.2, 0) is 10.9 Å². The smallest absolute Gasteiger partial charge is 0.435 e. The Morgan fingerprint density at radius 3 is 2.44 bits per heavy atom.